The number of carbonyl (C=O) groups excluding carboxylic acids is 1. The molecular weight excluding hydrogens is 416 g/mol. The van der Waals surface area contributed by atoms with Crippen molar-refractivity contribution in [3.05, 3.63) is 48.0 Å². The monoisotopic (exact) mass is 446 g/mol. The number of hydrogen-bond donors (Lipinski definition) is 1. The lowest BCUT2D eigenvalue weighted by atomic mass is 10.2. The van der Waals surface area contributed by atoms with Crippen LogP contribution in [0.1, 0.15) is 38.2 Å². The molecule has 31 heavy (non-hydrogen) atoms. The van der Waals surface area contributed by atoms with Gasteiger partial charge in [-0.25, -0.2) is 8.42 Å². The molecule has 7 nitrogen and oxygen atoms in total. The maximum Gasteiger partial charge on any atom is 0.265 e. The molecule has 0 radical (unpaired) electrons. The molecule has 1 atom stereocenters. The van der Waals surface area contributed by atoms with Crippen LogP contribution in [-0.4, -0.2) is 44.9 Å². The molecule has 1 N–H and O–H groups in total. The van der Waals surface area contributed by atoms with E-state index in [-0.39, 0.29) is 10.8 Å². The molecule has 3 rings (SSSR count). The van der Waals surface area contributed by atoms with E-state index in [1.54, 1.807) is 12.1 Å². The number of benzene rings is 2. The second-order valence-electron chi connectivity index (χ2n) is 7.65. The summed E-state index contributed by atoms with van der Waals surface area (Å²) >= 11 is 0. The van der Waals surface area contributed by atoms with Gasteiger partial charge in [0.2, 0.25) is 10.0 Å². The summed E-state index contributed by atoms with van der Waals surface area (Å²) in [6, 6.07) is 12.0. The quantitative estimate of drug-likeness (QED) is 0.663. The fourth-order valence-corrected chi connectivity index (χ4v) is 5.13. The van der Waals surface area contributed by atoms with Crippen LogP contribution in [-0.2, 0) is 14.8 Å². The van der Waals surface area contributed by atoms with Crippen LogP contribution in [0.3, 0.4) is 0 Å². The minimum Gasteiger partial charge on any atom is -0.495 e. The summed E-state index contributed by atoms with van der Waals surface area (Å²) in [5.41, 5.74) is 1.34. The summed E-state index contributed by atoms with van der Waals surface area (Å²) in [5.74, 6) is 0.626. The van der Waals surface area contributed by atoms with Crippen molar-refractivity contribution in [3.63, 3.8) is 0 Å². The molecule has 0 aliphatic carbocycles. The number of nitrogens with zero attached hydrogens (tertiary/aromatic N) is 1. The number of rotatable bonds is 8. The standard InChI is InChI=1S/C23H30N2O5S/c1-4-21(30-18-10-8-9-17(2)15-18)23(26)24-20-16-19(11-12-22(20)29-3)31(27,28)25-13-6-5-7-14-25/h8-12,15-16,21H,4-7,13-14H2,1-3H3,(H,24,26)/t21-/m0/s1. The molecule has 1 aliphatic heterocycles. The molecule has 0 aromatic heterocycles. The van der Waals surface area contributed by atoms with Gasteiger partial charge in [0.1, 0.15) is 11.5 Å². The van der Waals surface area contributed by atoms with Crippen LogP contribution in [0.4, 0.5) is 5.69 Å². The molecule has 1 saturated heterocycles. The summed E-state index contributed by atoms with van der Waals surface area (Å²) in [5, 5.41) is 2.79. The fraction of sp³-hybridized carbons (Fsp3) is 0.435. The van der Waals surface area contributed by atoms with Crippen LogP contribution in [0.25, 0.3) is 0 Å². The zero-order valence-corrected chi connectivity index (χ0v) is 19.1. The molecule has 1 aliphatic rings. The van der Waals surface area contributed by atoms with Gasteiger partial charge in [-0.2, -0.15) is 4.31 Å². The molecule has 0 bridgehead atoms. The first kappa shape index (κ1) is 23.1. The largest absolute Gasteiger partial charge is 0.495 e. The number of aryl methyl sites for hydroxylation is 1. The third kappa shape index (κ3) is 5.57. The van der Waals surface area contributed by atoms with Gasteiger partial charge in [-0.15, -0.1) is 0 Å². The first-order valence-corrected chi connectivity index (χ1v) is 12.0. The van der Waals surface area contributed by atoms with Gasteiger partial charge in [0.05, 0.1) is 17.7 Å². The summed E-state index contributed by atoms with van der Waals surface area (Å²) in [4.78, 5) is 13.0. The van der Waals surface area contributed by atoms with E-state index >= 15 is 0 Å². The first-order valence-electron chi connectivity index (χ1n) is 10.6. The Bertz CT molecular complexity index is 1020. The summed E-state index contributed by atoms with van der Waals surface area (Å²) in [7, 11) is -2.15. The predicted octanol–water partition coefficient (Wildman–Crippen LogP) is 3.97. The van der Waals surface area contributed by atoms with Crippen molar-refractivity contribution in [3.8, 4) is 11.5 Å². The number of piperidine rings is 1. The van der Waals surface area contributed by atoms with E-state index in [9.17, 15) is 13.2 Å². The highest BCUT2D eigenvalue weighted by atomic mass is 32.2. The van der Waals surface area contributed by atoms with Crippen molar-refractivity contribution in [2.75, 3.05) is 25.5 Å². The molecule has 0 saturated carbocycles. The topological polar surface area (TPSA) is 84.9 Å². The Labute approximate surface area is 184 Å². The van der Waals surface area contributed by atoms with E-state index in [1.165, 1.54) is 23.5 Å². The summed E-state index contributed by atoms with van der Waals surface area (Å²) in [6.45, 7) is 4.83. The van der Waals surface area contributed by atoms with Gasteiger partial charge in [-0.3, -0.25) is 4.79 Å². The second kappa shape index (κ2) is 10.2. The highest BCUT2D eigenvalue weighted by molar-refractivity contribution is 7.89. The zero-order valence-electron chi connectivity index (χ0n) is 18.3. The van der Waals surface area contributed by atoms with E-state index in [2.05, 4.69) is 5.32 Å². The third-order valence-electron chi connectivity index (χ3n) is 5.31. The maximum atomic E-state index is 13.0. The third-order valence-corrected chi connectivity index (χ3v) is 7.21. The summed E-state index contributed by atoms with van der Waals surface area (Å²) in [6.07, 6.45) is 2.47. The lowest BCUT2D eigenvalue weighted by Gasteiger charge is -2.26. The SMILES string of the molecule is CC[C@H](Oc1cccc(C)c1)C(=O)Nc1cc(S(=O)(=O)N2CCCCC2)ccc1OC. The van der Waals surface area contributed by atoms with Gasteiger partial charge in [0.25, 0.3) is 5.91 Å². The Morgan fingerprint density at radius 2 is 1.87 bits per heavy atom. The number of anilines is 1. The molecule has 168 valence electrons. The van der Waals surface area contributed by atoms with Gasteiger partial charge in [0, 0.05) is 13.1 Å². The van der Waals surface area contributed by atoms with Crippen LogP contribution < -0.4 is 14.8 Å². The molecule has 2 aromatic rings. The van der Waals surface area contributed by atoms with Gasteiger partial charge < -0.3 is 14.8 Å². The van der Waals surface area contributed by atoms with Crippen molar-refractivity contribution >= 4 is 21.6 Å². The minimum absolute atomic E-state index is 0.137. The highest BCUT2D eigenvalue weighted by Crippen LogP contribution is 2.30. The Morgan fingerprint density at radius 1 is 1.13 bits per heavy atom. The molecule has 1 heterocycles. The van der Waals surface area contributed by atoms with Crippen LogP contribution in [0.15, 0.2) is 47.4 Å². The van der Waals surface area contributed by atoms with E-state index in [0.717, 1.165) is 24.8 Å². The molecule has 0 spiro atoms. The average molecular weight is 447 g/mol. The summed E-state index contributed by atoms with van der Waals surface area (Å²) < 4.78 is 38.8. The predicted molar refractivity (Wildman–Crippen MR) is 120 cm³/mol. The van der Waals surface area contributed by atoms with Gasteiger partial charge >= 0.3 is 0 Å². The molecule has 1 fully saturated rings. The second-order valence-corrected chi connectivity index (χ2v) is 9.59. The number of hydrogen-bond acceptors (Lipinski definition) is 5. The number of ether oxygens (including phenoxy) is 2. The first-order chi connectivity index (χ1) is 14.8. The smallest absolute Gasteiger partial charge is 0.265 e. The van der Waals surface area contributed by atoms with Gasteiger partial charge in [-0.05, 0) is 62.1 Å². The van der Waals surface area contributed by atoms with Crippen LogP contribution in [0.2, 0.25) is 0 Å². The van der Waals surface area contributed by atoms with Crippen molar-refractivity contribution in [2.45, 2.75) is 50.5 Å². The number of sulfonamides is 1. The van der Waals surface area contributed by atoms with E-state index in [0.29, 0.717) is 36.7 Å². The van der Waals surface area contributed by atoms with Crippen LogP contribution in [0.5, 0.6) is 11.5 Å². The van der Waals surface area contributed by atoms with Gasteiger partial charge in [0.15, 0.2) is 6.10 Å². The van der Waals surface area contributed by atoms with E-state index in [1.807, 2.05) is 32.0 Å². The highest BCUT2D eigenvalue weighted by Gasteiger charge is 2.27. The average Bonchev–Trinajstić information content (AvgIpc) is 2.78. The molecule has 0 unspecified atom stereocenters. The van der Waals surface area contributed by atoms with E-state index < -0.39 is 16.1 Å². The normalized spacial score (nSPS) is 15.8. The van der Waals surface area contributed by atoms with Crippen molar-refractivity contribution < 1.29 is 22.7 Å². The van der Waals surface area contributed by atoms with Gasteiger partial charge in [-0.1, -0.05) is 25.5 Å². The van der Waals surface area contributed by atoms with Crippen LogP contribution >= 0.6 is 0 Å². The lowest BCUT2D eigenvalue weighted by Crippen LogP contribution is -2.35. The van der Waals surface area contributed by atoms with E-state index in [4.69, 9.17) is 9.47 Å². The Hall–Kier alpha value is -2.58. The fourth-order valence-electron chi connectivity index (χ4n) is 3.59. The van der Waals surface area contributed by atoms with Crippen molar-refractivity contribution in [1.82, 2.24) is 4.31 Å². The number of methoxy groups -OCH3 is 1. The number of amides is 1. The minimum atomic E-state index is -3.63. The Kier molecular flexibility index (Phi) is 7.56. The molecular formula is C23H30N2O5S. The molecule has 8 heteroatoms. The lowest BCUT2D eigenvalue weighted by molar-refractivity contribution is -0.122. The molecule has 1 amide bonds. The van der Waals surface area contributed by atoms with Crippen molar-refractivity contribution in [1.29, 1.82) is 0 Å². The zero-order chi connectivity index (χ0) is 22.4. The molecule has 2 aromatic carbocycles. The van der Waals surface area contributed by atoms with Crippen molar-refractivity contribution in [2.24, 2.45) is 0 Å². The number of nitrogens with one attached hydrogen (secondary N) is 1. The number of carbonyl (C=O) groups is 1. The Morgan fingerprint density at radius 3 is 2.52 bits per heavy atom. The maximum absolute atomic E-state index is 13.0. The van der Waals surface area contributed by atoms with Crippen LogP contribution in [0, 0.1) is 6.92 Å². The Balaban J connectivity index is 1.82.